The van der Waals surface area contributed by atoms with Crippen molar-refractivity contribution in [2.45, 2.75) is 38.6 Å². The normalized spacial score (nSPS) is 23.2. The van der Waals surface area contributed by atoms with E-state index in [4.69, 9.17) is 4.74 Å². The lowest BCUT2D eigenvalue weighted by atomic mass is 10.0. The summed E-state index contributed by atoms with van der Waals surface area (Å²) in [7, 11) is 0. The molecule has 132 valence electrons. The maximum Gasteiger partial charge on any atom is 0.252 e. The van der Waals surface area contributed by atoms with Crippen LogP contribution in [0.3, 0.4) is 0 Å². The molecule has 1 aliphatic rings. The number of rotatable bonds is 2. The molecule has 0 saturated carbocycles. The molecular formula is C20H24N2O3. The molecule has 1 amide bonds. The van der Waals surface area contributed by atoms with Crippen LogP contribution in [0.15, 0.2) is 53.9 Å². The Labute approximate surface area is 148 Å². The molecule has 0 saturated heterocycles. The van der Waals surface area contributed by atoms with Crippen molar-refractivity contribution < 1.29 is 14.3 Å². The number of allylic oxidation sites excluding steroid dienone is 2. The van der Waals surface area contributed by atoms with Gasteiger partial charge in [0.1, 0.15) is 6.29 Å². The monoisotopic (exact) mass is 340 g/mol. The van der Waals surface area contributed by atoms with Crippen LogP contribution in [0.5, 0.6) is 0 Å². The number of fused-ring (bicyclic) bond motifs is 1. The molecule has 25 heavy (non-hydrogen) atoms. The molecule has 5 heteroatoms. The highest BCUT2D eigenvalue weighted by Gasteiger charge is 2.17. The van der Waals surface area contributed by atoms with Crippen molar-refractivity contribution in [2.24, 2.45) is 4.99 Å². The van der Waals surface area contributed by atoms with E-state index < -0.39 is 6.04 Å². The summed E-state index contributed by atoms with van der Waals surface area (Å²) in [5.74, 6) is 0.208. The Bertz CT molecular complexity index is 692. The van der Waals surface area contributed by atoms with Crippen molar-refractivity contribution >= 4 is 17.9 Å². The molecule has 1 unspecified atom stereocenters. The number of hydrogen-bond acceptors (Lipinski definition) is 4. The first kappa shape index (κ1) is 18.6. The van der Waals surface area contributed by atoms with Crippen LogP contribution in [0.4, 0.5) is 0 Å². The highest BCUT2D eigenvalue weighted by Crippen LogP contribution is 2.15. The molecular weight excluding hydrogens is 316 g/mol. The van der Waals surface area contributed by atoms with Gasteiger partial charge in [-0.15, -0.1) is 0 Å². The number of carbonyl (C=O) groups excluding carboxylic acids is 2. The van der Waals surface area contributed by atoms with Crippen molar-refractivity contribution in [3.8, 4) is 0 Å². The number of aliphatic imine (C=N–C) groups is 1. The number of benzene rings is 1. The van der Waals surface area contributed by atoms with Gasteiger partial charge in [0, 0.05) is 16.8 Å². The average Bonchev–Trinajstić information content (AvgIpc) is 2.62. The van der Waals surface area contributed by atoms with Crippen LogP contribution in [0.1, 0.15) is 48.5 Å². The molecule has 0 fully saturated rings. The van der Waals surface area contributed by atoms with E-state index in [1.54, 1.807) is 24.3 Å². The molecule has 1 heterocycles. The predicted octanol–water partition coefficient (Wildman–Crippen LogP) is 3.41. The van der Waals surface area contributed by atoms with E-state index in [2.05, 4.69) is 16.9 Å². The van der Waals surface area contributed by atoms with Crippen LogP contribution in [0.25, 0.3) is 0 Å². The molecule has 0 radical (unpaired) electrons. The minimum Gasteiger partial charge on any atom is -0.478 e. The van der Waals surface area contributed by atoms with Crippen LogP contribution in [-0.2, 0) is 9.53 Å². The highest BCUT2D eigenvalue weighted by atomic mass is 16.5. The van der Waals surface area contributed by atoms with Gasteiger partial charge < -0.3 is 14.8 Å². The van der Waals surface area contributed by atoms with Gasteiger partial charge in [0.2, 0.25) is 5.88 Å². The molecule has 0 bridgehead atoms. The first-order valence-electron chi connectivity index (χ1n) is 8.52. The zero-order chi connectivity index (χ0) is 18.1. The smallest absolute Gasteiger partial charge is 0.252 e. The predicted molar refractivity (Wildman–Crippen MR) is 98.7 cm³/mol. The van der Waals surface area contributed by atoms with Crippen LogP contribution >= 0.6 is 0 Å². The van der Waals surface area contributed by atoms with E-state index >= 15 is 0 Å². The van der Waals surface area contributed by atoms with Gasteiger partial charge in [-0.3, -0.25) is 4.79 Å². The van der Waals surface area contributed by atoms with Crippen LogP contribution in [-0.4, -0.2) is 30.6 Å². The fraction of sp³-hybridized carbons (Fsp3) is 0.350. The summed E-state index contributed by atoms with van der Waals surface area (Å²) >= 11 is 0. The zero-order valence-corrected chi connectivity index (χ0v) is 14.5. The molecule has 1 aliphatic heterocycles. The molecule has 2 rings (SSSR count). The van der Waals surface area contributed by atoms with Crippen molar-refractivity contribution in [1.29, 1.82) is 0 Å². The lowest BCUT2D eigenvalue weighted by Gasteiger charge is -2.16. The number of hydrogen-bond donors (Lipinski definition) is 1. The van der Waals surface area contributed by atoms with E-state index in [-0.39, 0.29) is 5.91 Å². The van der Waals surface area contributed by atoms with Gasteiger partial charge in [0.05, 0.1) is 12.6 Å². The summed E-state index contributed by atoms with van der Waals surface area (Å²) in [5, 5.41) is 2.81. The van der Waals surface area contributed by atoms with Gasteiger partial charge in [0.25, 0.3) is 5.91 Å². The SMILES string of the molecule is C=C/C=C1\N=C(/C)c2ccccc2C(=O)NC(C=O)CCCCCO1. The summed E-state index contributed by atoms with van der Waals surface area (Å²) in [6, 6.07) is 6.74. The van der Waals surface area contributed by atoms with E-state index in [9.17, 15) is 9.59 Å². The molecule has 1 aromatic carbocycles. The quantitative estimate of drug-likeness (QED) is 0.839. The van der Waals surface area contributed by atoms with Crippen molar-refractivity contribution in [3.05, 3.63) is 60.0 Å². The fourth-order valence-electron chi connectivity index (χ4n) is 2.68. The number of nitrogens with zero attached hydrogens (tertiary/aromatic N) is 1. The summed E-state index contributed by atoms with van der Waals surface area (Å²) in [5.41, 5.74) is 1.87. The van der Waals surface area contributed by atoms with Crippen LogP contribution in [0.2, 0.25) is 0 Å². The Hall–Kier alpha value is -2.69. The molecule has 0 aromatic heterocycles. The molecule has 0 spiro atoms. The number of carbonyl (C=O) groups is 2. The van der Waals surface area contributed by atoms with Gasteiger partial charge in [-0.25, -0.2) is 4.99 Å². The second kappa shape index (κ2) is 9.57. The fourth-order valence-corrected chi connectivity index (χ4v) is 2.68. The summed E-state index contributed by atoms with van der Waals surface area (Å²) in [6.45, 7) is 6.07. The van der Waals surface area contributed by atoms with Gasteiger partial charge in [0.15, 0.2) is 0 Å². The second-order valence-electron chi connectivity index (χ2n) is 5.90. The van der Waals surface area contributed by atoms with E-state index in [1.165, 1.54) is 0 Å². The lowest BCUT2D eigenvalue weighted by Crippen LogP contribution is -2.36. The topological polar surface area (TPSA) is 67.8 Å². The van der Waals surface area contributed by atoms with Crippen LogP contribution < -0.4 is 5.32 Å². The largest absolute Gasteiger partial charge is 0.478 e. The number of ether oxygens (including phenoxy) is 1. The van der Waals surface area contributed by atoms with Gasteiger partial charge in [-0.2, -0.15) is 0 Å². The van der Waals surface area contributed by atoms with E-state index in [1.807, 2.05) is 19.1 Å². The Morgan fingerprint density at radius 2 is 2.00 bits per heavy atom. The highest BCUT2D eigenvalue weighted by molar-refractivity contribution is 6.10. The Morgan fingerprint density at radius 1 is 1.24 bits per heavy atom. The first-order valence-corrected chi connectivity index (χ1v) is 8.52. The third-order valence-electron chi connectivity index (χ3n) is 3.99. The Balaban J connectivity index is 2.41. The van der Waals surface area contributed by atoms with Gasteiger partial charge >= 0.3 is 0 Å². The zero-order valence-electron chi connectivity index (χ0n) is 14.5. The maximum atomic E-state index is 12.6. The third kappa shape index (κ3) is 5.41. The summed E-state index contributed by atoms with van der Waals surface area (Å²) < 4.78 is 5.73. The molecule has 1 atom stereocenters. The van der Waals surface area contributed by atoms with Gasteiger partial charge in [-0.05, 0) is 38.3 Å². The van der Waals surface area contributed by atoms with Gasteiger partial charge in [-0.1, -0.05) is 37.3 Å². The number of aldehydes is 1. The van der Waals surface area contributed by atoms with Crippen LogP contribution in [0, 0.1) is 0 Å². The average molecular weight is 340 g/mol. The maximum absolute atomic E-state index is 12.6. The minimum atomic E-state index is -0.474. The van der Waals surface area contributed by atoms with Crippen molar-refractivity contribution in [1.82, 2.24) is 5.32 Å². The first-order chi connectivity index (χ1) is 12.2. The molecule has 1 N–H and O–H groups in total. The van der Waals surface area contributed by atoms with E-state index in [0.717, 1.165) is 25.5 Å². The summed E-state index contributed by atoms with van der Waals surface area (Å²) in [4.78, 5) is 28.4. The van der Waals surface area contributed by atoms with Crippen molar-refractivity contribution in [2.75, 3.05) is 6.61 Å². The molecule has 5 nitrogen and oxygen atoms in total. The second-order valence-corrected chi connectivity index (χ2v) is 5.90. The standard InChI is InChI=1S/C20H24N2O3/c1-3-9-19-21-15(2)17-11-6-7-12-18(17)20(24)22-16(14-23)10-5-4-8-13-25-19/h3,6-7,9,11-12,14,16H,1,4-5,8,10,13H2,2H3,(H,22,24)/b19-9+,21-15+. The Kier molecular flexibility index (Phi) is 7.14. The number of amides is 1. The lowest BCUT2D eigenvalue weighted by molar-refractivity contribution is -0.109. The minimum absolute atomic E-state index is 0.269. The third-order valence-corrected chi connectivity index (χ3v) is 3.99. The van der Waals surface area contributed by atoms with E-state index in [0.29, 0.717) is 35.7 Å². The number of nitrogens with one attached hydrogen (secondary N) is 1. The molecule has 0 aliphatic carbocycles. The molecule has 1 aromatic rings. The summed E-state index contributed by atoms with van der Waals surface area (Å²) in [6.07, 6.45) is 7.38. The van der Waals surface area contributed by atoms with Crippen molar-refractivity contribution in [3.63, 3.8) is 0 Å². The Morgan fingerprint density at radius 3 is 2.72 bits per heavy atom.